The van der Waals surface area contributed by atoms with Gasteiger partial charge in [-0.15, -0.1) is 0 Å². The highest BCUT2D eigenvalue weighted by molar-refractivity contribution is 6.06. The van der Waals surface area contributed by atoms with Crippen molar-refractivity contribution >= 4 is 29.2 Å². The van der Waals surface area contributed by atoms with Gasteiger partial charge < -0.3 is 24.3 Å². The third-order valence-electron chi connectivity index (χ3n) is 6.57. The second-order valence-corrected chi connectivity index (χ2v) is 8.97. The zero-order chi connectivity index (χ0) is 26.7. The molecule has 2 atom stereocenters. The molecule has 2 aliphatic rings. The third kappa shape index (κ3) is 5.32. The number of carbonyl (C=O) groups is 3. The zero-order valence-electron chi connectivity index (χ0n) is 20.5. The number of piperidine rings is 1. The Hall–Kier alpha value is -4.22. The highest BCUT2D eigenvalue weighted by atomic mass is 16.6. The monoisotopic (exact) mass is 512 g/mol. The minimum absolute atomic E-state index is 0.0122. The van der Waals surface area contributed by atoms with Crippen LogP contribution >= 0.6 is 0 Å². The van der Waals surface area contributed by atoms with Gasteiger partial charge in [0.05, 0.1) is 18.1 Å². The average Bonchev–Trinajstić information content (AvgIpc) is 2.87. The molecule has 37 heavy (non-hydrogen) atoms. The van der Waals surface area contributed by atoms with Crippen LogP contribution in [0.15, 0.2) is 41.2 Å². The molecule has 0 radical (unpaired) electrons. The lowest BCUT2D eigenvalue weighted by Gasteiger charge is -2.43. The molecule has 1 aromatic heterocycles. The lowest BCUT2D eigenvalue weighted by Crippen LogP contribution is -2.48. The first-order chi connectivity index (χ1) is 17.7. The topological polar surface area (TPSA) is 150 Å². The van der Waals surface area contributed by atoms with Gasteiger partial charge in [0.25, 0.3) is 17.2 Å². The minimum Gasteiger partial charge on any atom is -0.464 e. The number of anilines is 1. The Morgan fingerprint density at radius 2 is 1.78 bits per heavy atom. The molecule has 1 N–H and O–H groups in total. The van der Waals surface area contributed by atoms with E-state index in [0.717, 1.165) is 18.2 Å². The second kappa shape index (κ2) is 10.8. The van der Waals surface area contributed by atoms with Gasteiger partial charge in [-0.2, -0.15) is 0 Å². The van der Waals surface area contributed by atoms with Gasteiger partial charge in [-0.25, -0.2) is 9.59 Å². The molecule has 4 rings (SSSR count). The first-order valence-corrected chi connectivity index (χ1v) is 12.1. The van der Waals surface area contributed by atoms with Gasteiger partial charge in [0.1, 0.15) is 5.69 Å². The van der Waals surface area contributed by atoms with Crippen molar-refractivity contribution in [3.05, 3.63) is 68.1 Å². The molecule has 1 saturated heterocycles. The van der Waals surface area contributed by atoms with Crippen LogP contribution < -0.4 is 15.8 Å². The quantitative estimate of drug-likeness (QED) is 0.241. The lowest BCUT2D eigenvalue weighted by molar-refractivity contribution is -0.384. The van der Waals surface area contributed by atoms with E-state index in [1.807, 2.05) is 11.0 Å². The maximum absolute atomic E-state index is 12.9. The summed E-state index contributed by atoms with van der Waals surface area (Å²) in [4.78, 5) is 62.9. The van der Waals surface area contributed by atoms with Gasteiger partial charge in [0, 0.05) is 48.9 Å². The first-order valence-electron chi connectivity index (χ1n) is 12.1. The van der Waals surface area contributed by atoms with Gasteiger partial charge in [0.15, 0.2) is 0 Å². The number of amides is 1. The number of fused-ring (bicyclic) bond motifs is 4. The SMILES string of the molecule is CCOC(=O)C(NC(=O)c1ccc(N2C[C@H]3C[C@@H](C2)c2cccc(=O)n2C3)c([N+](=O)[O-])c1)C(=O)OCC. The summed E-state index contributed by atoms with van der Waals surface area (Å²) in [6.07, 6.45) is 0.886. The van der Waals surface area contributed by atoms with Crippen molar-refractivity contribution in [1.29, 1.82) is 0 Å². The fraction of sp³-hybridized carbons (Fsp3) is 0.440. The summed E-state index contributed by atoms with van der Waals surface area (Å²) in [7, 11) is 0. The van der Waals surface area contributed by atoms with Gasteiger partial charge in [-0.1, -0.05) is 6.07 Å². The highest BCUT2D eigenvalue weighted by Gasteiger charge is 2.37. The molecule has 0 spiro atoms. The molecular formula is C25H28N4O8. The summed E-state index contributed by atoms with van der Waals surface area (Å²) in [5, 5.41) is 14.3. The van der Waals surface area contributed by atoms with Crippen molar-refractivity contribution < 1.29 is 28.8 Å². The van der Waals surface area contributed by atoms with Crippen LogP contribution in [0.1, 0.15) is 42.2 Å². The summed E-state index contributed by atoms with van der Waals surface area (Å²) in [5.74, 6) is -2.65. The predicted octanol–water partition coefficient (Wildman–Crippen LogP) is 1.60. The number of nitro groups is 1. The largest absolute Gasteiger partial charge is 0.464 e. The highest BCUT2D eigenvalue weighted by Crippen LogP contribution is 2.39. The van der Waals surface area contributed by atoms with E-state index in [9.17, 15) is 29.3 Å². The summed E-state index contributed by atoms with van der Waals surface area (Å²) in [6.45, 7) is 4.63. The van der Waals surface area contributed by atoms with Gasteiger partial charge in [-0.3, -0.25) is 19.7 Å². The number of pyridine rings is 1. The Morgan fingerprint density at radius 3 is 2.43 bits per heavy atom. The molecule has 2 aromatic rings. The normalized spacial score (nSPS) is 18.1. The van der Waals surface area contributed by atoms with Crippen LogP contribution in [0.25, 0.3) is 0 Å². The molecule has 0 unspecified atom stereocenters. The molecule has 3 heterocycles. The number of rotatable bonds is 8. The Morgan fingerprint density at radius 1 is 1.08 bits per heavy atom. The maximum Gasteiger partial charge on any atom is 0.340 e. The molecule has 1 amide bonds. The molecule has 12 nitrogen and oxygen atoms in total. The summed E-state index contributed by atoms with van der Waals surface area (Å²) < 4.78 is 11.5. The molecule has 1 fully saturated rings. The fourth-order valence-corrected chi connectivity index (χ4v) is 5.05. The van der Waals surface area contributed by atoms with Crippen molar-refractivity contribution in [2.45, 2.75) is 38.8 Å². The number of aromatic nitrogens is 1. The number of esters is 2. The Kier molecular flexibility index (Phi) is 7.55. The van der Waals surface area contributed by atoms with E-state index >= 15 is 0 Å². The number of nitrogens with one attached hydrogen (secondary N) is 1. The van der Waals surface area contributed by atoms with Gasteiger partial charge in [0.2, 0.25) is 6.04 Å². The van der Waals surface area contributed by atoms with Crippen LogP contribution in [-0.2, 0) is 25.6 Å². The molecule has 2 aliphatic heterocycles. The average molecular weight is 513 g/mol. The Bertz CT molecular complexity index is 1270. The number of carbonyl (C=O) groups excluding carboxylic acids is 3. The third-order valence-corrected chi connectivity index (χ3v) is 6.57. The van der Waals surface area contributed by atoms with Crippen LogP contribution in [0.4, 0.5) is 11.4 Å². The van der Waals surface area contributed by atoms with Crippen molar-refractivity contribution in [1.82, 2.24) is 9.88 Å². The van der Waals surface area contributed by atoms with Crippen LogP contribution in [0, 0.1) is 16.0 Å². The predicted molar refractivity (Wildman–Crippen MR) is 131 cm³/mol. The molecular weight excluding hydrogens is 484 g/mol. The van der Waals surface area contributed by atoms with Gasteiger partial charge in [-0.05, 0) is 44.4 Å². The molecule has 2 bridgehead atoms. The smallest absolute Gasteiger partial charge is 0.340 e. The number of hydrogen-bond donors (Lipinski definition) is 1. The Balaban J connectivity index is 1.59. The fourth-order valence-electron chi connectivity index (χ4n) is 5.05. The summed E-state index contributed by atoms with van der Waals surface area (Å²) in [5.41, 5.74) is 0.849. The zero-order valence-corrected chi connectivity index (χ0v) is 20.5. The van der Waals surface area contributed by atoms with Crippen molar-refractivity contribution in [2.24, 2.45) is 5.92 Å². The number of nitro benzene ring substituents is 1. The van der Waals surface area contributed by atoms with Crippen molar-refractivity contribution in [3.8, 4) is 0 Å². The van der Waals surface area contributed by atoms with E-state index in [0.29, 0.717) is 25.3 Å². The lowest BCUT2D eigenvalue weighted by atomic mass is 9.83. The standard InChI is InChI=1S/C25H28N4O8/c1-3-36-24(32)22(25(33)37-4-2)26-23(31)16-8-9-19(20(11-16)29(34)35)27-12-15-10-17(14-27)18-6-5-7-21(30)28(18)13-15/h5-9,11,15,17,22H,3-4,10,12-14H2,1-2H3,(H,26,31)/t15-,17+/m1/s1. The van der Waals surface area contributed by atoms with E-state index in [4.69, 9.17) is 9.47 Å². The summed E-state index contributed by atoms with van der Waals surface area (Å²) in [6, 6.07) is 7.51. The number of hydrogen-bond acceptors (Lipinski definition) is 9. The number of nitrogens with zero attached hydrogens (tertiary/aromatic N) is 3. The molecule has 0 aliphatic carbocycles. The van der Waals surface area contributed by atoms with Crippen molar-refractivity contribution in [3.63, 3.8) is 0 Å². The molecule has 0 saturated carbocycles. The van der Waals surface area contributed by atoms with E-state index in [1.54, 1.807) is 24.5 Å². The van der Waals surface area contributed by atoms with Crippen molar-refractivity contribution in [2.75, 3.05) is 31.2 Å². The van der Waals surface area contributed by atoms with Crippen LogP contribution in [-0.4, -0.2) is 59.7 Å². The maximum atomic E-state index is 12.9. The minimum atomic E-state index is -1.70. The van der Waals surface area contributed by atoms with E-state index < -0.39 is 28.8 Å². The molecule has 12 heteroatoms. The van der Waals surface area contributed by atoms with E-state index in [1.165, 1.54) is 18.2 Å². The van der Waals surface area contributed by atoms with Gasteiger partial charge >= 0.3 is 11.9 Å². The number of ether oxygens (including phenoxy) is 2. The molecule has 1 aromatic carbocycles. The van der Waals surface area contributed by atoms with Crippen LogP contribution in [0.5, 0.6) is 0 Å². The van der Waals surface area contributed by atoms with E-state index in [2.05, 4.69) is 5.32 Å². The van der Waals surface area contributed by atoms with Crippen LogP contribution in [0.2, 0.25) is 0 Å². The van der Waals surface area contributed by atoms with E-state index in [-0.39, 0.29) is 41.9 Å². The summed E-state index contributed by atoms with van der Waals surface area (Å²) >= 11 is 0. The van der Waals surface area contributed by atoms with Crippen LogP contribution in [0.3, 0.4) is 0 Å². The number of benzene rings is 1. The first kappa shape index (κ1) is 25.9. The second-order valence-electron chi connectivity index (χ2n) is 8.97. The Labute approximate surface area is 212 Å². The molecule has 196 valence electrons.